The molecule has 1 fully saturated rings. The number of amides is 2. The largest absolute Gasteiger partial charge is 0.497 e. The smallest absolute Gasteiger partial charge is 0.287 e. The van der Waals surface area contributed by atoms with Crippen molar-refractivity contribution >= 4 is 17.5 Å². The quantitative estimate of drug-likeness (QED) is 0.568. The maximum atomic E-state index is 13.4. The van der Waals surface area contributed by atoms with E-state index in [2.05, 4.69) is 15.5 Å². The van der Waals surface area contributed by atoms with Crippen LogP contribution in [-0.4, -0.2) is 43.0 Å². The highest BCUT2D eigenvalue weighted by atomic mass is 16.5. The monoisotopic (exact) mass is 447 g/mol. The molecule has 1 saturated heterocycles. The van der Waals surface area contributed by atoms with Gasteiger partial charge in [-0.2, -0.15) is 0 Å². The Hall–Kier alpha value is -3.58. The first-order valence-electron chi connectivity index (χ1n) is 11.1. The molecule has 2 amide bonds. The number of piperidine rings is 1. The van der Waals surface area contributed by atoms with E-state index in [4.69, 9.17) is 9.15 Å². The number of carbonyl (C=O) groups is 2. The number of nitrogens with one attached hydrogen (secondary N) is 2. The van der Waals surface area contributed by atoms with Crippen molar-refractivity contribution in [2.75, 3.05) is 25.5 Å². The van der Waals surface area contributed by atoms with E-state index in [0.717, 1.165) is 24.0 Å². The van der Waals surface area contributed by atoms with Gasteiger partial charge in [-0.25, -0.2) is 0 Å². The number of ether oxygens (including phenoxy) is 1. The van der Waals surface area contributed by atoms with Crippen molar-refractivity contribution in [1.29, 1.82) is 0 Å². The maximum Gasteiger partial charge on any atom is 0.287 e. The van der Waals surface area contributed by atoms with Crippen LogP contribution in [0.25, 0.3) is 0 Å². The van der Waals surface area contributed by atoms with Gasteiger partial charge in [0, 0.05) is 36.4 Å². The standard InChI is InChI=1S/C26H29N3O4/c1-18-13-16-33-24(18)26(31)27-20-11-14-29(15-12-20)23(19-7-4-3-5-8-19)25(30)28-21-9-6-10-22(17-21)32-2/h3-10,13,16-17,20,23H,11-12,14-15H2,1-2H3,(H,27,31)(H,28,30). The van der Waals surface area contributed by atoms with Crippen molar-refractivity contribution in [3.8, 4) is 5.75 Å². The van der Waals surface area contributed by atoms with Crippen molar-refractivity contribution < 1.29 is 18.7 Å². The normalized spacial score (nSPS) is 15.6. The molecule has 2 heterocycles. The molecule has 0 saturated carbocycles. The lowest BCUT2D eigenvalue weighted by molar-refractivity contribution is -0.122. The Morgan fingerprint density at radius 1 is 1.06 bits per heavy atom. The number of carbonyl (C=O) groups excluding carboxylic acids is 2. The van der Waals surface area contributed by atoms with E-state index < -0.39 is 6.04 Å². The minimum absolute atomic E-state index is 0.0381. The topological polar surface area (TPSA) is 83.8 Å². The van der Waals surface area contributed by atoms with Crippen molar-refractivity contribution in [3.63, 3.8) is 0 Å². The van der Waals surface area contributed by atoms with Gasteiger partial charge in [-0.1, -0.05) is 36.4 Å². The van der Waals surface area contributed by atoms with E-state index in [0.29, 0.717) is 30.3 Å². The predicted octanol–water partition coefficient (Wildman–Crippen LogP) is 4.17. The zero-order valence-corrected chi connectivity index (χ0v) is 18.9. The third-order valence-corrected chi connectivity index (χ3v) is 6.00. The Morgan fingerprint density at radius 3 is 2.48 bits per heavy atom. The highest BCUT2D eigenvalue weighted by molar-refractivity contribution is 5.96. The van der Waals surface area contributed by atoms with E-state index >= 15 is 0 Å². The first-order chi connectivity index (χ1) is 16.0. The van der Waals surface area contributed by atoms with Crippen LogP contribution in [-0.2, 0) is 4.79 Å². The highest BCUT2D eigenvalue weighted by Gasteiger charge is 2.32. The van der Waals surface area contributed by atoms with Crippen LogP contribution < -0.4 is 15.4 Å². The number of hydrogen-bond donors (Lipinski definition) is 2. The van der Waals surface area contributed by atoms with Crippen LogP contribution in [0.15, 0.2) is 71.3 Å². The summed E-state index contributed by atoms with van der Waals surface area (Å²) in [6.45, 7) is 3.23. The van der Waals surface area contributed by atoms with Gasteiger partial charge in [0.1, 0.15) is 11.8 Å². The van der Waals surface area contributed by atoms with Gasteiger partial charge in [-0.15, -0.1) is 0 Å². The molecule has 0 aliphatic carbocycles. The van der Waals surface area contributed by atoms with E-state index in [1.165, 1.54) is 6.26 Å². The lowest BCUT2D eigenvalue weighted by atomic mass is 9.98. The summed E-state index contributed by atoms with van der Waals surface area (Å²) in [4.78, 5) is 28.1. The summed E-state index contributed by atoms with van der Waals surface area (Å²) in [5.74, 6) is 0.763. The summed E-state index contributed by atoms with van der Waals surface area (Å²) in [5.41, 5.74) is 2.45. The molecule has 2 aromatic carbocycles. The summed E-state index contributed by atoms with van der Waals surface area (Å²) in [6.07, 6.45) is 3.03. The maximum absolute atomic E-state index is 13.4. The molecule has 7 heteroatoms. The number of likely N-dealkylation sites (tertiary alicyclic amines) is 1. The minimum atomic E-state index is -0.429. The third kappa shape index (κ3) is 5.43. The second-order valence-electron chi connectivity index (χ2n) is 8.25. The molecule has 3 aromatic rings. The Kier molecular flexibility index (Phi) is 7.10. The number of hydrogen-bond acceptors (Lipinski definition) is 5. The van der Waals surface area contributed by atoms with Crippen LogP contribution in [0.1, 0.15) is 40.6 Å². The Balaban J connectivity index is 1.44. The SMILES string of the molecule is COc1cccc(NC(=O)C(c2ccccc2)N2CCC(NC(=O)c3occc3C)CC2)c1. The lowest BCUT2D eigenvalue weighted by Gasteiger charge is -2.37. The minimum Gasteiger partial charge on any atom is -0.497 e. The molecule has 1 unspecified atom stereocenters. The van der Waals surface area contributed by atoms with Crippen LogP contribution >= 0.6 is 0 Å². The molecule has 0 spiro atoms. The summed E-state index contributed by atoms with van der Waals surface area (Å²) in [7, 11) is 1.60. The first-order valence-corrected chi connectivity index (χ1v) is 11.1. The average molecular weight is 448 g/mol. The van der Waals surface area contributed by atoms with Crippen LogP contribution in [0.5, 0.6) is 5.75 Å². The average Bonchev–Trinajstić information content (AvgIpc) is 3.27. The number of anilines is 1. The fraction of sp³-hybridized carbons (Fsp3) is 0.308. The van der Waals surface area contributed by atoms with E-state index in [9.17, 15) is 9.59 Å². The van der Waals surface area contributed by atoms with Gasteiger partial charge < -0.3 is 19.8 Å². The zero-order chi connectivity index (χ0) is 23.2. The summed E-state index contributed by atoms with van der Waals surface area (Å²) < 4.78 is 10.6. The molecule has 1 aromatic heterocycles. The summed E-state index contributed by atoms with van der Waals surface area (Å²) in [6, 6.07) is 18.5. The second kappa shape index (κ2) is 10.4. The molecule has 2 N–H and O–H groups in total. The Bertz CT molecular complexity index is 1090. The molecule has 1 atom stereocenters. The van der Waals surface area contributed by atoms with Gasteiger partial charge in [-0.05, 0) is 43.5 Å². The number of rotatable bonds is 7. The number of methoxy groups -OCH3 is 1. The van der Waals surface area contributed by atoms with Gasteiger partial charge in [0.05, 0.1) is 13.4 Å². The molecule has 0 radical (unpaired) electrons. The fourth-order valence-corrected chi connectivity index (χ4v) is 4.23. The summed E-state index contributed by atoms with van der Waals surface area (Å²) >= 11 is 0. The highest BCUT2D eigenvalue weighted by Crippen LogP contribution is 2.27. The molecule has 1 aliphatic heterocycles. The fourth-order valence-electron chi connectivity index (χ4n) is 4.23. The number of benzene rings is 2. The Labute approximate surface area is 193 Å². The molecule has 4 rings (SSSR count). The van der Waals surface area contributed by atoms with E-state index in [1.54, 1.807) is 19.2 Å². The van der Waals surface area contributed by atoms with E-state index in [-0.39, 0.29) is 17.9 Å². The van der Waals surface area contributed by atoms with Gasteiger partial charge in [0.2, 0.25) is 5.91 Å². The van der Waals surface area contributed by atoms with Crippen molar-refractivity contribution in [1.82, 2.24) is 10.2 Å². The molecule has 172 valence electrons. The molecular formula is C26H29N3O4. The van der Waals surface area contributed by atoms with E-state index in [1.807, 2.05) is 55.5 Å². The van der Waals surface area contributed by atoms with Crippen molar-refractivity contribution in [3.05, 3.63) is 83.8 Å². The van der Waals surface area contributed by atoms with Crippen LogP contribution in [0, 0.1) is 6.92 Å². The van der Waals surface area contributed by atoms with Gasteiger partial charge in [0.15, 0.2) is 5.76 Å². The van der Waals surface area contributed by atoms with Gasteiger partial charge in [0.25, 0.3) is 5.91 Å². The van der Waals surface area contributed by atoms with Crippen molar-refractivity contribution in [2.45, 2.75) is 31.8 Å². The number of nitrogens with zero attached hydrogens (tertiary/aromatic N) is 1. The van der Waals surface area contributed by atoms with Crippen molar-refractivity contribution in [2.24, 2.45) is 0 Å². The molecule has 1 aliphatic rings. The first kappa shape index (κ1) is 22.6. The van der Waals surface area contributed by atoms with Crippen LogP contribution in [0.4, 0.5) is 5.69 Å². The number of aryl methyl sites for hydroxylation is 1. The molecule has 0 bridgehead atoms. The summed E-state index contributed by atoms with van der Waals surface area (Å²) in [5, 5.41) is 6.11. The van der Waals surface area contributed by atoms with Gasteiger partial charge in [-0.3, -0.25) is 14.5 Å². The third-order valence-electron chi connectivity index (χ3n) is 6.00. The molecule has 33 heavy (non-hydrogen) atoms. The molecular weight excluding hydrogens is 418 g/mol. The molecule has 7 nitrogen and oxygen atoms in total. The zero-order valence-electron chi connectivity index (χ0n) is 18.9. The predicted molar refractivity (Wildman–Crippen MR) is 126 cm³/mol. The van der Waals surface area contributed by atoms with Crippen LogP contribution in [0.2, 0.25) is 0 Å². The number of furan rings is 1. The lowest BCUT2D eigenvalue weighted by Crippen LogP contribution is -2.48. The van der Waals surface area contributed by atoms with Gasteiger partial charge >= 0.3 is 0 Å². The van der Waals surface area contributed by atoms with Crippen LogP contribution in [0.3, 0.4) is 0 Å². The Morgan fingerprint density at radius 2 is 1.82 bits per heavy atom. The second-order valence-corrected chi connectivity index (χ2v) is 8.25.